The van der Waals surface area contributed by atoms with Crippen LogP contribution in [0, 0.1) is 0 Å². The van der Waals surface area contributed by atoms with E-state index < -0.39 is 0 Å². The summed E-state index contributed by atoms with van der Waals surface area (Å²) in [6, 6.07) is 11.3. The molecule has 8 nitrogen and oxygen atoms in total. The van der Waals surface area contributed by atoms with Crippen molar-refractivity contribution in [3.05, 3.63) is 53.3 Å². The zero-order valence-corrected chi connectivity index (χ0v) is 18.1. The van der Waals surface area contributed by atoms with E-state index >= 15 is 0 Å². The third-order valence-electron chi connectivity index (χ3n) is 4.39. The molecule has 0 bridgehead atoms. The molecule has 0 aliphatic heterocycles. The minimum atomic E-state index is 0.348. The molecule has 30 heavy (non-hydrogen) atoms. The Labute approximate surface area is 181 Å². The van der Waals surface area contributed by atoms with Crippen LogP contribution in [0.1, 0.15) is 0 Å². The highest BCUT2D eigenvalue weighted by Crippen LogP contribution is 2.40. The molecule has 0 aliphatic rings. The van der Waals surface area contributed by atoms with Crippen LogP contribution in [0.5, 0.6) is 28.9 Å². The van der Waals surface area contributed by atoms with Crippen LogP contribution in [0.25, 0.3) is 10.9 Å². The van der Waals surface area contributed by atoms with Crippen LogP contribution in [0.3, 0.4) is 0 Å². The Morgan fingerprint density at radius 1 is 0.967 bits per heavy atom. The molecule has 0 saturated heterocycles. The van der Waals surface area contributed by atoms with Crippen molar-refractivity contribution in [2.75, 3.05) is 26.6 Å². The molecule has 2 aromatic heterocycles. The lowest BCUT2D eigenvalue weighted by molar-refractivity contribution is 0.324. The van der Waals surface area contributed by atoms with Gasteiger partial charge in [0.1, 0.15) is 0 Å². The number of benzene rings is 2. The molecule has 0 unspecified atom stereocenters. The number of nitrogens with zero attached hydrogens (tertiary/aromatic N) is 2. The fourth-order valence-corrected chi connectivity index (χ4v) is 3.28. The van der Waals surface area contributed by atoms with Crippen molar-refractivity contribution in [3.63, 3.8) is 0 Å². The number of halogens is 1. The van der Waals surface area contributed by atoms with E-state index in [1.807, 2.05) is 30.5 Å². The second kappa shape index (κ2) is 8.50. The van der Waals surface area contributed by atoms with Crippen LogP contribution in [0.15, 0.2) is 53.3 Å². The van der Waals surface area contributed by atoms with Gasteiger partial charge < -0.3 is 29.2 Å². The molecule has 0 amide bonds. The minimum Gasteiger partial charge on any atom is -0.493 e. The number of hydrogen-bond donors (Lipinski definition) is 2. The summed E-state index contributed by atoms with van der Waals surface area (Å²) < 4.78 is 22.8. The number of para-hydroxylation sites is 1. The molecular formula is C21H19BrN4O4. The van der Waals surface area contributed by atoms with E-state index in [9.17, 15) is 0 Å². The number of methoxy groups -OCH3 is 3. The summed E-state index contributed by atoms with van der Waals surface area (Å²) in [5, 5.41) is 4.19. The molecule has 2 heterocycles. The van der Waals surface area contributed by atoms with Crippen molar-refractivity contribution < 1.29 is 18.9 Å². The predicted octanol–water partition coefficient (Wildman–Crippen LogP) is 5.28. The third kappa shape index (κ3) is 3.84. The van der Waals surface area contributed by atoms with Gasteiger partial charge in [-0.3, -0.25) is 0 Å². The van der Waals surface area contributed by atoms with Crippen molar-refractivity contribution >= 4 is 38.5 Å². The summed E-state index contributed by atoms with van der Waals surface area (Å²) in [6.07, 6.45) is 3.49. The van der Waals surface area contributed by atoms with E-state index in [0.29, 0.717) is 45.0 Å². The van der Waals surface area contributed by atoms with E-state index in [4.69, 9.17) is 18.9 Å². The number of fused-ring (bicyclic) bond motifs is 1. The van der Waals surface area contributed by atoms with Gasteiger partial charge in [-0.1, -0.05) is 12.1 Å². The summed E-state index contributed by atoms with van der Waals surface area (Å²) in [6.45, 7) is 0. The summed E-state index contributed by atoms with van der Waals surface area (Å²) in [4.78, 5) is 12.0. The average Bonchev–Trinajstić information content (AvgIpc) is 3.25. The average molecular weight is 471 g/mol. The first-order valence-corrected chi connectivity index (χ1v) is 9.75. The smallest absolute Gasteiger partial charge is 0.238 e. The quantitative estimate of drug-likeness (QED) is 0.379. The molecule has 0 saturated carbocycles. The monoisotopic (exact) mass is 470 g/mol. The van der Waals surface area contributed by atoms with Crippen LogP contribution in [0.4, 0.5) is 11.6 Å². The largest absolute Gasteiger partial charge is 0.493 e. The fourth-order valence-electron chi connectivity index (χ4n) is 3.01. The Morgan fingerprint density at radius 3 is 2.43 bits per heavy atom. The Morgan fingerprint density at radius 2 is 1.73 bits per heavy atom. The van der Waals surface area contributed by atoms with Crippen LogP contribution in [-0.2, 0) is 0 Å². The first kappa shape index (κ1) is 19.8. The zero-order valence-electron chi connectivity index (χ0n) is 16.5. The lowest BCUT2D eigenvalue weighted by atomic mass is 10.2. The Balaban J connectivity index is 1.65. The summed E-state index contributed by atoms with van der Waals surface area (Å²) in [5.41, 5.74) is 1.56. The number of H-pyrrole nitrogens is 1. The van der Waals surface area contributed by atoms with Crippen molar-refractivity contribution in [1.29, 1.82) is 0 Å². The van der Waals surface area contributed by atoms with Crippen molar-refractivity contribution in [1.82, 2.24) is 15.0 Å². The van der Waals surface area contributed by atoms with E-state index in [0.717, 1.165) is 10.9 Å². The van der Waals surface area contributed by atoms with Crippen LogP contribution in [-0.4, -0.2) is 36.3 Å². The summed E-state index contributed by atoms with van der Waals surface area (Å²) in [7, 11) is 4.67. The van der Waals surface area contributed by atoms with Crippen LogP contribution < -0.4 is 24.3 Å². The molecule has 4 rings (SSSR count). The standard InChI is InChI=1S/C21H19BrN4O4/c1-27-16-9-13(10-17(28-2)19(16)29-3)25-21-24-11-14(22)20(26-21)30-15-6-4-5-12-7-8-23-18(12)15/h4-11,23H,1-3H3,(H,24,25,26). The van der Waals surface area contributed by atoms with Gasteiger partial charge in [-0.25, -0.2) is 4.98 Å². The molecule has 2 aromatic carbocycles. The molecule has 0 radical (unpaired) electrons. The van der Waals surface area contributed by atoms with Gasteiger partial charge in [-0.15, -0.1) is 0 Å². The Bertz CT molecular complexity index is 1170. The highest BCUT2D eigenvalue weighted by molar-refractivity contribution is 9.10. The molecule has 0 fully saturated rings. The number of ether oxygens (including phenoxy) is 4. The van der Waals surface area contributed by atoms with Gasteiger partial charge in [0.2, 0.25) is 17.6 Å². The van der Waals surface area contributed by atoms with Crippen LogP contribution >= 0.6 is 15.9 Å². The fraction of sp³-hybridized carbons (Fsp3) is 0.143. The number of anilines is 2. The Kier molecular flexibility index (Phi) is 5.62. The Hall–Kier alpha value is -3.46. The van der Waals surface area contributed by atoms with E-state index in [2.05, 4.69) is 36.2 Å². The predicted molar refractivity (Wildman–Crippen MR) is 117 cm³/mol. The highest BCUT2D eigenvalue weighted by Gasteiger charge is 2.15. The van der Waals surface area contributed by atoms with Gasteiger partial charge in [0.25, 0.3) is 0 Å². The van der Waals surface area contributed by atoms with Gasteiger partial charge in [-0.05, 0) is 28.1 Å². The second-order valence-corrected chi connectivity index (χ2v) is 7.04. The van der Waals surface area contributed by atoms with Gasteiger partial charge in [0.15, 0.2) is 17.2 Å². The molecule has 0 atom stereocenters. The first-order chi connectivity index (χ1) is 14.6. The maximum atomic E-state index is 6.05. The highest BCUT2D eigenvalue weighted by atomic mass is 79.9. The molecule has 0 aliphatic carbocycles. The molecule has 154 valence electrons. The molecule has 4 aromatic rings. The molecule has 2 N–H and O–H groups in total. The van der Waals surface area contributed by atoms with E-state index in [1.54, 1.807) is 39.7 Å². The SMILES string of the molecule is COc1cc(Nc2ncc(Br)c(Oc3cccc4cc[nH]c34)n2)cc(OC)c1OC. The first-order valence-electron chi connectivity index (χ1n) is 8.96. The van der Waals surface area contributed by atoms with E-state index in [1.165, 1.54) is 0 Å². The summed E-state index contributed by atoms with van der Waals surface area (Å²) >= 11 is 3.45. The normalized spacial score (nSPS) is 10.7. The van der Waals surface area contributed by atoms with E-state index in [-0.39, 0.29) is 0 Å². The van der Waals surface area contributed by atoms with Crippen molar-refractivity contribution in [2.24, 2.45) is 0 Å². The van der Waals surface area contributed by atoms with Crippen molar-refractivity contribution in [3.8, 4) is 28.9 Å². The third-order valence-corrected chi connectivity index (χ3v) is 4.93. The lowest BCUT2D eigenvalue weighted by Crippen LogP contribution is -2.01. The number of rotatable bonds is 7. The number of nitrogens with one attached hydrogen (secondary N) is 2. The number of hydrogen-bond acceptors (Lipinski definition) is 7. The number of aromatic nitrogens is 3. The number of aromatic amines is 1. The van der Waals surface area contributed by atoms with Crippen molar-refractivity contribution in [2.45, 2.75) is 0 Å². The van der Waals surface area contributed by atoms with Gasteiger partial charge in [0.05, 0.1) is 37.5 Å². The summed E-state index contributed by atoms with van der Waals surface area (Å²) in [5.74, 6) is 2.93. The zero-order chi connectivity index (χ0) is 21.1. The maximum Gasteiger partial charge on any atom is 0.238 e. The molecule has 9 heteroatoms. The minimum absolute atomic E-state index is 0.348. The maximum absolute atomic E-state index is 6.05. The lowest BCUT2D eigenvalue weighted by Gasteiger charge is -2.15. The molecule has 0 spiro atoms. The topological polar surface area (TPSA) is 90.5 Å². The van der Waals surface area contributed by atoms with Crippen LogP contribution in [0.2, 0.25) is 0 Å². The second-order valence-electron chi connectivity index (χ2n) is 6.19. The van der Waals surface area contributed by atoms with Gasteiger partial charge >= 0.3 is 0 Å². The van der Waals surface area contributed by atoms with Gasteiger partial charge in [0, 0.05) is 29.4 Å². The van der Waals surface area contributed by atoms with Gasteiger partial charge in [-0.2, -0.15) is 4.98 Å². The molecular weight excluding hydrogens is 452 g/mol.